The van der Waals surface area contributed by atoms with E-state index in [1.165, 1.54) is 40.7 Å². The Morgan fingerprint density at radius 1 is 1.13 bits per heavy atom. The number of nitrogens with zero attached hydrogens (tertiary/aromatic N) is 2. The normalized spacial score (nSPS) is 15.6. The molecule has 1 aliphatic carbocycles. The Kier molecular flexibility index (Phi) is 5.01. The van der Waals surface area contributed by atoms with Crippen LogP contribution in [0.4, 0.5) is 5.69 Å². The Bertz CT molecular complexity index is 1160. The van der Waals surface area contributed by atoms with Gasteiger partial charge in [-0.25, -0.2) is 0 Å². The van der Waals surface area contributed by atoms with Crippen LogP contribution in [0.3, 0.4) is 0 Å². The van der Waals surface area contributed by atoms with E-state index in [1.807, 2.05) is 0 Å². The summed E-state index contributed by atoms with van der Waals surface area (Å²) >= 11 is 0. The number of benzene rings is 2. The van der Waals surface area contributed by atoms with Gasteiger partial charge in [0.2, 0.25) is 0 Å². The molecule has 5 heteroatoms. The summed E-state index contributed by atoms with van der Waals surface area (Å²) in [6, 6.07) is 11.4. The maximum atomic E-state index is 11.9. The first-order valence-electron chi connectivity index (χ1n) is 11.4. The van der Waals surface area contributed by atoms with Gasteiger partial charge in [-0.05, 0) is 61.9 Å². The summed E-state index contributed by atoms with van der Waals surface area (Å²) in [6.07, 6.45) is 2.62. The number of aliphatic carboxylic acids is 1. The van der Waals surface area contributed by atoms with E-state index < -0.39 is 5.97 Å². The summed E-state index contributed by atoms with van der Waals surface area (Å²) in [5.74, 6) is -0.781. The molecule has 1 saturated carbocycles. The number of hydrogen-bond acceptors (Lipinski definition) is 3. The van der Waals surface area contributed by atoms with E-state index in [1.54, 1.807) is 0 Å². The van der Waals surface area contributed by atoms with Crippen molar-refractivity contribution in [2.24, 2.45) is 0 Å². The molecule has 0 atom stereocenters. The Hall–Kier alpha value is -2.79. The Balaban J connectivity index is 1.71. The van der Waals surface area contributed by atoms with E-state index in [2.05, 4.69) is 65.9 Å². The molecule has 5 nitrogen and oxygen atoms in total. The standard InChI is InChI=1S/C26H31N3O2/c1-16-4-6-19(7-5-16)24-21(15-23(30)31)18(3)25-26-22(24)14-17(2)29(26)13-12-28(25)11-10-27-20-8-9-20/h4-7,14,20,27H,8-13,15H2,1-3H3,(H,30,31). The second-order valence-corrected chi connectivity index (χ2v) is 9.18. The van der Waals surface area contributed by atoms with Gasteiger partial charge in [0.05, 0.1) is 17.6 Å². The Morgan fingerprint density at radius 2 is 1.87 bits per heavy atom. The van der Waals surface area contributed by atoms with Gasteiger partial charge in [0.25, 0.3) is 0 Å². The SMILES string of the molecule is Cc1ccc(-c2c(CC(=O)O)c(C)c3c4c2cc(C)n4CCN3CCNC2CC2)cc1. The molecule has 2 aromatic carbocycles. The molecule has 2 N–H and O–H groups in total. The Morgan fingerprint density at radius 3 is 2.55 bits per heavy atom. The van der Waals surface area contributed by atoms with Crippen molar-refractivity contribution in [1.29, 1.82) is 0 Å². The fraction of sp³-hybridized carbons (Fsp3) is 0.423. The lowest BCUT2D eigenvalue weighted by Gasteiger charge is -2.34. The van der Waals surface area contributed by atoms with Crippen LogP contribution in [0.25, 0.3) is 22.0 Å². The van der Waals surface area contributed by atoms with Crippen LogP contribution in [0, 0.1) is 20.8 Å². The van der Waals surface area contributed by atoms with Crippen LogP contribution in [0.1, 0.15) is 35.2 Å². The van der Waals surface area contributed by atoms with Crippen LogP contribution in [-0.4, -0.2) is 41.3 Å². The van der Waals surface area contributed by atoms with E-state index >= 15 is 0 Å². The van der Waals surface area contributed by atoms with E-state index in [0.717, 1.165) is 48.4 Å². The molecule has 162 valence electrons. The monoisotopic (exact) mass is 417 g/mol. The maximum Gasteiger partial charge on any atom is 0.307 e. The molecular formula is C26H31N3O2. The van der Waals surface area contributed by atoms with Crippen molar-refractivity contribution < 1.29 is 9.90 Å². The van der Waals surface area contributed by atoms with Crippen LogP contribution < -0.4 is 10.2 Å². The number of carboxylic acids is 1. The number of nitrogens with one attached hydrogen (secondary N) is 1. The summed E-state index contributed by atoms with van der Waals surface area (Å²) in [5, 5.41) is 14.6. The van der Waals surface area contributed by atoms with Crippen molar-refractivity contribution in [3.8, 4) is 11.1 Å². The van der Waals surface area contributed by atoms with Crippen LogP contribution in [-0.2, 0) is 17.8 Å². The zero-order valence-corrected chi connectivity index (χ0v) is 18.7. The first-order valence-corrected chi connectivity index (χ1v) is 11.4. The van der Waals surface area contributed by atoms with Gasteiger partial charge in [-0.2, -0.15) is 0 Å². The number of carbonyl (C=O) groups is 1. The van der Waals surface area contributed by atoms with Gasteiger partial charge in [0, 0.05) is 43.3 Å². The predicted molar refractivity (Wildman–Crippen MR) is 126 cm³/mol. The van der Waals surface area contributed by atoms with Gasteiger partial charge in [-0.3, -0.25) is 4.79 Å². The van der Waals surface area contributed by atoms with Crippen molar-refractivity contribution in [2.45, 2.75) is 52.6 Å². The number of aromatic nitrogens is 1. The van der Waals surface area contributed by atoms with Crippen LogP contribution >= 0.6 is 0 Å². The highest BCUT2D eigenvalue weighted by Crippen LogP contribution is 2.44. The molecule has 5 rings (SSSR count). The van der Waals surface area contributed by atoms with Gasteiger partial charge in [-0.1, -0.05) is 29.8 Å². The summed E-state index contributed by atoms with van der Waals surface area (Å²) < 4.78 is 2.42. The molecule has 3 aromatic rings. The largest absolute Gasteiger partial charge is 0.481 e. The topological polar surface area (TPSA) is 57.5 Å². The summed E-state index contributed by atoms with van der Waals surface area (Å²) in [7, 11) is 0. The van der Waals surface area contributed by atoms with Gasteiger partial charge in [0.1, 0.15) is 0 Å². The van der Waals surface area contributed by atoms with Gasteiger partial charge < -0.3 is 19.9 Å². The van der Waals surface area contributed by atoms with Gasteiger partial charge >= 0.3 is 5.97 Å². The molecule has 31 heavy (non-hydrogen) atoms. The number of rotatable bonds is 7. The number of carboxylic acid groups (broad SMARTS) is 1. The minimum absolute atomic E-state index is 0.0381. The van der Waals surface area contributed by atoms with E-state index in [-0.39, 0.29) is 6.42 Å². The zero-order chi connectivity index (χ0) is 21.7. The van der Waals surface area contributed by atoms with E-state index in [4.69, 9.17) is 0 Å². The third kappa shape index (κ3) is 3.61. The second-order valence-electron chi connectivity index (χ2n) is 9.18. The lowest BCUT2D eigenvalue weighted by atomic mass is 9.88. The van der Waals surface area contributed by atoms with Crippen LogP contribution in [0.2, 0.25) is 0 Å². The lowest BCUT2D eigenvalue weighted by molar-refractivity contribution is -0.136. The lowest BCUT2D eigenvalue weighted by Crippen LogP contribution is -2.38. The summed E-state index contributed by atoms with van der Waals surface area (Å²) in [6.45, 7) is 10.2. The quantitative estimate of drug-likeness (QED) is 0.597. The molecule has 1 fully saturated rings. The molecule has 0 amide bonds. The molecule has 0 unspecified atom stereocenters. The highest BCUT2D eigenvalue weighted by atomic mass is 16.4. The zero-order valence-electron chi connectivity index (χ0n) is 18.7. The van der Waals surface area contributed by atoms with Gasteiger partial charge in [0.15, 0.2) is 0 Å². The minimum Gasteiger partial charge on any atom is -0.481 e. The van der Waals surface area contributed by atoms with Crippen molar-refractivity contribution in [3.05, 3.63) is 52.7 Å². The average Bonchev–Trinajstić information content (AvgIpc) is 3.50. The Labute approximate surface area is 183 Å². The highest BCUT2D eigenvalue weighted by Gasteiger charge is 2.29. The second kappa shape index (κ2) is 7.72. The minimum atomic E-state index is -0.781. The van der Waals surface area contributed by atoms with Gasteiger partial charge in [-0.15, -0.1) is 0 Å². The van der Waals surface area contributed by atoms with Crippen LogP contribution in [0.15, 0.2) is 30.3 Å². The van der Waals surface area contributed by atoms with Crippen LogP contribution in [0.5, 0.6) is 0 Å². The first kappa shape index (κ1) is 20.1. The van der Waals surface area contributed by atoms with E-state index in [0.29, 0.717) is 6.04 Å². The fourth-order valence-electron chi connectivity index (χ4n) is 5.14. The molecule has 2 heterocycles. The third-order valence-corrected chi connectivity index (χ3v) is 6.88. The molecular weight excluding hydrogens is 386 g/mol. The third-order valence-electron chi connectivity index (χ3n) is 6.88. The fourth-order valence-corrected chi connectivity index (χ4v) is 5.14. The van der Waals surface area contributed by atoms with Crippen molar-refractivity contribution in [2.75, 3.05) is 24.5 Å². The van der Waals surface area contributed by atoms with Crippen molar-refractivity contribution in [3.63, 3.8) is 0 Å². The highest BCUT2D eigenvalue weighted by molar-refractivity contribution is 6.07. The molecule has 1 aliphatic heterocycles. The molecule has 2 aliphatic rings. The molecule has 0 bridgehead atoms. The maximum absolute atomic E-state index is 11.9. The van der Waals surface area contributed by atoms with Crippen molar-refractivity contribution in [1.82, 2.24) is 9.88 Å². The molecule has 0 radical (unpaired) electrons. The number of aryl methyl sites for hydroxylation is 2. The molecule has 1 aromatic heterocycles. The van der Waals surface area contributed by atoms with E-state index in [9.17, 15) is 9.90 Å². The summed E-state index contributed by atoms with van der Waals surface area (Å²) in [5.41, 5.74) is 9.16. The number of anilines is 1. The average molecular weight is 418 g/mol. The molecule has 0 spiro atoms. The number of hydrogen-bond donors (Lipinski definition) is 2. The predicted octanol–water partition coefficient (Wildman–Crippen LogP) is 4.43. The smallest absolute Gasteiger partial charge is 0.307 e. The first-order chi connectivity index (χ1) is 14.9. The van der Waals surface area contributed by atoms with Crippen molar-refractivity contribution >= 4 is 22.6 Å². The molecule has 0 saturated heterocycles. The summed E-state index contributed by atoms with van der Waals surface area (Å²) in [4.78, 5) is 14.4.